The van der Waals surface area contributed by atoms with E-state index in [0.717, 1.165) is 11.1 Å². The van der Waals surface area contributed by atoms with E-state index in [9.17, 15) is 29.1 Å². The van der Waals surface area contributed by atoms with Crippen molar-refractivity contribution in [1.82, 2.24) is 41.2 Å². The fourth-order valence-corrected chi connectivity index (χ4v) is 6.77. The maximum absolute atomic E-state index is 14.3. The molecule has 0 aliphatic carbocycles. The van der Waals surface area contributed by atoms with Gasteiger partial charge in [0.2, 0.25) is 23.6 Å². The highest BCUT2D eigenvalue weighted by Gasteiger charge is 2.39. The van der Waals surface area contributed by atoms with Crippen molar-refractivity contribution in [3.8, 4) is 11.5 Å². The largest absolute Gasteiger partial charge is 0.492 e. The Morgan fingerprint density at radius 3 is 2.26 bits per heavy atom. The van der Waals surface area contributed by atoms with Gasteiger partial charge in [-0.05, 0) is 67.8 Å². The third kappa shape index (κ3) is 10.9. The molecular weight excluding hydrogens is 732 g/mol. The van der Waals surface area contributed by atoms with Gasteiger partial charge in [0, 0.05) is 25.8 Å². The molecule has 0 radical (unpaired) electrons. The number of likely N-dealkylation sites (N-methyl/N-ethyl adjacent to an activating group) is 1. The van der Waals surface area contributed by atoms with Crippen molar-refractivity contribution in [1.29, 1.82) is 0 Å². The van der Waals surface area contributed by atoms with E-state index in [0.29, 0.717) is 48.7 Å². The number of carbonyl (C=O) groups is 5. The zero-order valence-corrected chi connectivity index (χ0v) is 31.9. The van der Waals surface area contributed by atoms with Crippen LogP contribution in [0, 0.1) is 0 Å². The van der Waals surface area contributed by atoms with Crippen molar-refractivity contribution in [2.75, 3.05) is 20.2 Å². The number of hydrogen-bond acceptors (Lipinski definition) is 10. The average molecular weight is 781 g/mol. The number of nitrogens with one attached hydrogen (secondary N) is 4. The van der Waals surface area contributed by atoms with Crippen LogP contribution in [0.2, 0.25) is 0 Å². The summed E-state index contributed by atoms with van der Waals surface area (Å²) in [5.74, 6) is -2.16. The van der Waals surface area contributed by atoms with Gasteiger partial charge in [-0.15, -0.1) is 5.10 Å². The minimum absolute atomic E-state index is 0.0239. The predicted molar refractivity (Wildman–Crippen MR) is 207 cm³/mol. The molecule has 6 heterocycles. The lowest BCUT2D eigenvalue weighted by Crippen LogP contribution is -2.58. The van der Waals surface area contributed by atoms with E-state index in [4.69, 9.17) is 9.47 Å². The molecule has 1 fully saturated rings. The Bertz CT molecular complexity index is 2010. The first-order valence-electron chi connectivity index (χ1n) is 19.0. The van der Waals surface area contributed by atoms with Crippen LogP contribution in [0.5, 0.6) is 11.5 Å². The summed E-state index contributed by atoms with van der Waals surface area (Å²) in [7, 11) is 1.64. The molecule has 5 atom stereocenters. The van der Waals surface area contributed by atoms with E-state index < -0.39 is 53.9 Å². The highest BCUT2D eigenvalue weighted by atomic mass is 16.5. The first-order chi connectivity index (χ1) is 27.6. The Balaban J connectivity index is 1.29. The monoisotopic (exact) mass is 780 g/mol. The second kappa shape index (κ2) is 19.0. The van der Waals surface area contributed by atoms with Crippen LogP contribution in [0.25, 0.3) is 0 Å². The molecule has 300 valence electrons. The number of aromatic nitrogens is 3. The molecule has 1 saturated heterocycles. The van der Waals surface area contributed by atoms with E-state index in [2.05, 4.69) is 31.6 Å². The molecule has 3 aromatic carbocycles. The quantitative estimate of drug-likeness (QED) is 0.189. The number of aliphatic carboxylic acids is 1. The first-order valence-corrected chi connectivity index (χ1v) is 19.0. The Labute approximate surface area is 330 Å². The molecule has 1 unspecified atom stereocenters. The lowest BCUT2D eigenvalue weighted by Gasteiger charge is -2.30. The maximum Gasteiger partial charge on any atom is 0.326 e. The van der Waals surface area contributed by atoms with Crippen LogP contribution in [0.4, 0.5) is 0 Å². The second-order valence-electron chi connectivity index (χ2n) is 14.2. The van der Waals surface area contributed by atoms with Crippen LogP contribution in [0.3, 0.4) is 0 Å². The van der Waals surface area contributed by atoms with Gasteiger partial charge in [0.15, 0.2) is 0 Å². The Kier molecular flexibility index (Phi) is 13.5. The molecule has 6 bridgehead atoms. The topological polar surface area (TPSA) is 206 Å². The van der Waals surface area contributed by atoms with Gasteiger partial charge in [0.25, 0.3) is 0 Å². The number of carboxylic acids is 1. The van der Waals surface area contributed by atoms with Gasteiger partial charge in [-0.1, -0.05) is 59.8 Å². The van der Waals surface area contributed by atoms with Crippen LogP contribution in [-0.2, 0) is 56.4 Å². The highest BCUT2D eigenvalue weighted by molar-refractivity contribution is 5.96. The smallest absolute Gasteiger partial charge is 0.326 e. The summed E-state index contributed by atoms with van der Waals surface area (Å²) in [6, 6.07) is 18.1. The van der Waals surface area contributed by atoms with E-state index in [1.807, 2.05) is 30.3 Å². The van der Waals surface area contributed by atoms with Gasteiger partial charge in [-0.3, -0.25) is 19.2 Å². The molecular formula is C41H48N8O8. The van der Waals surface area contributed by atoms with Crippen molar-refractivity contribution in [2.45, 2.75) is 82.4 Å². The molecule has 5 aliphatic heterocycles. The maximum atomic E-state index is 14.3. The third-order valence-corrected chi connectivity index (χ3v) is 10.1. The lowest BCUT2D eigenvalue weighted by atomic mass is 10.0. The summed E-state index contributed by atoms with van der Waals surface area (Å²) in [6.45, 7) is 2.83. The van der Waals surface area contributed by atoms with Crippen molar-refractivity contribution in [2.24, 2.45) is 0 Å². The van der Waals surface area contributed by atoms with Gasteiger partial charge in [0.1, 0.15) is 54.6 Å². The fourth-order valence-electron chi connectivity index (χ4n) is 6.77. The molecule has 5 N–H and O–H groups in total. The van der Waals surface area contributed by atoms with E-state index in [-0.39, 0.29) is 38.3 Å². The number of carboxylic acid groups (broad SMARTS) is 1. The minimum atomic E-state index is -1.31. The molecule has 4 aromatic rings. The summed E-state index contributed by atoms with van der Waals surface area (Å²) in [4.78, 5) is 69.3. The van der Waals surface area contributed by atoms with Crippen molar-refractivity contribution in [3.05, 3.63) is 107 Å². The summed E-state index contributed by atoms with van der Waals surface area (Å²) in [5, 5.41) is 29.7. The number of hydrogen-bond donors (Lipinski definition) is 5. The summed E-state index contributed by atoms with van der Waals surface area (Å²) < 4.78 is 13.5. The molecule has 16 heteroatoms. The van der Waals surface area contributed by atoms with Crippen LogP contribution >= 0.6 is 0 Å². The van der Waals surface area contributed by atoms with Gasteiger partial charge in [-0.2, -0.15) is 0 Å². The number of carbonyl (C=O) groups excluding carboxylic acids is 4. The third-order valence-electron chi connectivity index (χ3n) is 10.1. The van der Waals surface area contributed by atoms with Crippen molar-refractivity contribution < 1.29 is 38.6 Å². The first kappa shape index (κ1) is 40.4. The number of amides is 4. The fraction of sp³-hybridized carbons (Fsp3) is 0.390. The van der Waals surface area contributed by atoms with E-state index >= 15 is 0 Å². The van der Waals surface area contributed by atoms with Crippen LogP contribution in [-0.4, -0.2) is 105 Å². The van der Waals surface area contributed by atoms with Crippen molar-refractivity contribution >= 4 is 29.6 Å². The summed E-state index contributed by atoms with van der Waals surface area (Å²) in [5.41, 5.74) is 2.75. The SMILES string of the molecule is CN[C@@H](C)C(=O)N[C@H]1Cc2ccc(cc2)OCc2cn(nn2)CCOc2ccc(cc2)C[C@H](C(=O)O)NC(=O)[C@H](Cc2ccccc2)NC(=O)C2CCCN2C1=O. The van der Waals surface area contributed by atoms with Crippen LogP contribution < -0.4 is 30.7 Å². The van der Waals surface area contributed by atoms with Gasteiger partial charge in [0.05, 0.1) is 18.8 Å². The van der Waals surface area contributed by atoms with Gasteiger partial charge >= 0.3 is 5.97 Å². The molecule has 1 aromatic heterocycles. The zero-order valence-electron chi connectivity index (χ0n) is 31.9. The zero-order chi connectivity index (χ0) is 40.3. The van der Waals surface area contributed by atoms with E-state index in [1.165, 1.54) is 4.90 Å². The Morgan fingerprint density at radius 1 is 0.895 bits per heavy atom. The highest BCUT2D eigenvalue weighted by Crippen LogP contribution is 2.22. The van der Waals surface area contributed by atoms with Crippen LogP contribution in [0.15, 0.2) is 85.1 Å². The minimum Gasteiger partial charge on any atom is -0.492 e. The van der Waals surface area contributed by atoms with Crippen LogP contribution in [0.1, 0.15) is 42.1 Å². The standard InChI is InChI=1S/C41H48N8O8/c1-26(42-2)37(50)44-34-22-28-12-16-32(17-13-28)57-25-30-24-48(47-46-30)19-20-56-31-14-10-29(11-15-31)23-35(41(54)55)45-38(51)33(21-27-7-4-3-5-8-27)43-39(52)36-9-6-18-49(36)40(34)53/h3-5,7-8,10-17,24,26,33-36,42H,6,9,18-23,25H2,1-2H3,(H,43,52)(H,44,50)(H,45,51)(H,54,55)/t26-,33-,34-,35+,36?/m0/s1. The predicted octanol–water partition coefficient (Wildman–Crippen LogP) is 1.42. The molecule has 9 rings (SSSR count). The molecule has 5 aliphatic rings. The Morgan fingerprint density at radius 2 is 1.58 bits per heavy atom. The van der Waals surface area contributed by atoms with Crippen molar-refractivity contribution in [3.63, 3.8) is 0 Å². The van der Waals surface area contributed by atoms with E-state index in [1.54, 1.807) is 73.4 Å². The molecule has 16 nitrogen and oxygen atoms in total. The molecule has 4 amide bonds. The molecule has 0 spiro atoms. The normalized spacial score (nSPS) is 21.5. The second-order valence-corrected chi connectivity index (χ2v) is 14.2. The average Bonchev–Trinajstić information content (AvgIpc) is 3.90. The summed E-state index contributed by atoms with van der Waals surface area (Å²) in [6.07, 6.45) is 2.81. The number of benzene rings is 3. The number of rotatable bonds is 6. The molecule has 0 saturated carbocycles. The number of nitrogens with zero attached hydrogens (tertiary/aromatic N) is 4. The molecule has 57 heavy (non-hydrogen) atoms. The van der Waals surface area contributed by atoms with Gasteiger partial charge in [-0.25, -0.2) is 9.48 Å². The lowest BCUT2D eigenvalue weighted by molar-refractivity contribution is -0.143. The number of ether oxygens (including phenoxy) is 2. The van der Waals surface area contributed by atoms with Gasteiger partial charge < -0.3 is 40.7 Å². The Hall–Kier alpha value is -6.29. The summed E-state index contributed by atoms with van der Waals surface area (Å²) >= 11 is 0.